The van der Waals surface area contributed by atoms with Gasteiger partial charge in [-0.2, -0.15) is 0 Å². The molecule has 112 valence electrons. The Morgan fingerprint density at radius 3 is 2.95 bits per heavy atom. The van der Waals surface area contributed by atoms with Crippen LogP contribution in [-0.4, -0.2) is 43.0 Å². The number of carbonyl (C=O) groups is 1. The van der Waals surface area contributed by atoms with Crippen LogP contribution >= 0.6 is 12.4 Å². The van der Waals surface area contributed by atoms with Crippen LogP contribution in [0.5, 0.6) is 0 Å². The van der Waals surface area contributed by atoms with Gasteiger partial charge in [-0.3, -0.25) is 9.69 Å². The van der Waals surface area contributed by atoms with Crippen molar-refractivity contribution in [3.8, 4) is 0 Å². The van der Waals surface area contributed by atoms with E-state index in [0.29, 0.717) is 18.2 Å². The molecule has 1 aromatic rings. The number of piperazine rings is 1. The summed E-state index contributed by atoms with van der Waals surface area (Å²) in [5.74, 6) is -0.338. The summed E-state index contributed by atoms with van der Waals surface area (Å²) in [6, 6.07) is 6.85. The second-order valence-corrected chi connectivity index (χ2v) is 4.89. The minimum atomic E-state index is -0.279. The molecule has 0 radical (unpaired) electrons. The minimum absolute atomic E-state index is 0. The van der Waals surface area contributed by atoms with E-state index in [-0.39, 0.29) is 30.7 Å². The normalized spacial score (nSPS) is 19.2. The van der Waals surface area contributed by atoms with Crippen LogP contribution in [0.4, 0.5) is 4.39 Å². The van der Waals surface area contributed by atoms with E-state index < -0.39 is 0 Å². The van der Waals surface area contributed by atoms with Gasteiger partial charge in [0.25, 0.3) is 0 Å². The first-order valence-electron chi connectivity index (χ1n) is 6.61. The van der Waals surface area contributed by atoms with Crippen molar-refractivity contribution in [1.82, 2.24) is 15.5 Å². The molecule has 20 heavy (non-hydrogen) atoms. The maximum absolute atomic E-state index is 13.4. The topological polar surface area (TPSA) is 44.4 Å². The first-order valence-corrected chi connectivity index (χ1v) is 6.61. The summed E-state index contributed by atoms with van der Waals surface area (Å²) in [7, 11) is 0. The molecular formula is C14H21ClFN3O. The van der Waals surface area contributed by atoms with Crippen LogP contribution in [0.15, 0.2) is 24.3 Å². The predicted molar refractivity (Wildman–Crippen MR) is 79.4 cm³/mol. The zero-order chi connectivity index (χ0) is 13.7. The maximum atomic E-state index is 13.4. The number of amides is 1. The highest BCUT2D eigenvalue weighted by Gasteiger charge is 2.20. The molecule has 2 rings (SSSR count). The largest absolute Gasteiger partial charge is 0.351 e. The van der Waals surface area contributed by atoms with Gasteiger partial charge in [-0.15, -0.1) is 12.4 Å². The molecule has 6 heteroatoms. The quantitative estimate of drug-likeness (QED) is 0.877. The SMILES string of the molecule is C[C@H]1CNCCN1CC(=O)NCc1ccccc1F.Cl. The Balaban J connectivity index is 0.00000200. The molecule has 1 atom stereocenters. The first-order chi connectivity index (χ1) is 9.16. The number of carbonyl (C=O) groups excluding carboxylic acids is 1. The molecule has 0 aliphatic carbocycles. The van der Waals surface area contributed by atoms with Crippen LogP contribution in [-0.2, 0) is 11.3 Å². The smallest absolute Gasteiger partial charge is 0.234 e. The highest BCUT2D eigenvalue weighted by molar-refractivity contribution is 5.85. The Kier molecular flexibility index (Phi) is 6.91. The molecule has 1 aromatic carbocycles. The van der Waals surface area contributed by atoms with Crippen LogP contribution in [0, 0.1) is 5.82 Å². The molecular weight excluding hydrogens is 281 g/mol. The lowest BCUT2D eigenvalue weighted by Gasteiger charge is -2.33. The fourth-order valence-corrected chi connectivity index (χ4v) is 2.19. The van der Waals surface area contributed by atoms with Crippen molar-refractivity contribution in [3.05, 3.63) is 35.6 Å². The van der Waals surface area contributed by atoms with Crippen LogP contribution in [0.25, 0.3) is 0 Å². The number of halogens is 2. The van der Waals surface area contributed by atoms with Crippen molar-refractivity contribution in [1.29, 1.82) is 0 Å². The molecule has 1 aliphatic rings. The molecule has 0 spiro atoms. The van der Waals surface area contributed by atoms with E-state index >= 15 is 0 Å². The maximum Gasteiger partial charge on any atom is 0.234 e. The molecule has 1 saturated heterocycles. The highest BCUT2D eigenvalue weighted by atomic mass is 35.5. The third-order valence-corrected chi connectivity index (χ3v) is 3.42. The van der Waals surface area contributed by atoms with Gasteiger partial charge in [0.2, 0.25) is 5.91 Å². The van der Waals surface area contributed by atoms with Gasteiger partial charge in [0.1, 0.15) is 5.82 Å². The summed E-state index contributed by atoms with van der Waals surface area (Å²) in [6.45, 7) is 5.39. The van der Waals surface area contributed by atoms with E-state index in [1.54, 1.807) is 18.2 Å². The Hall–Kier alpha value is -1.17. The number of benzene rings is 1. The summed E-state index contributed by atoms with van der Waals surface area (Å²) in [5.41, 5.74) is 0.518. The van der Waals surface area contributed by atoms with Crippen LogP contribution in [0.3, 0.4) is 0 Å². The lowest BCUT2D eigenvalue weighted by atomic mass is 10.2. The Morgan fingerprint density at radius 2 is 2.25 bits per heavy atom. The van der Waals surface area contributed by atoms with E-state index in [2.05, 4.69) is 22.5 Å². The van der Waals surface area contributed by atoms with Gasteiger partial charge in [-0.1, -0.05) is 18.2 Å². The highest BCUT2D eigenvalue weighted by Crippen LogP contribution is 2.06. The van der Waals surface area contributed by atoms with Crippen molar-refractivity contribution in [2.45, 2.75) is 19.5 Å². The van der Waals surface area contributed by atoms with E-state index in [9.17, 15) is 9.18 Å². The Bertz CT molecular complexity index is 444. The van der Waals surface area contributed by atoms with E-state index in [4.69, 9.17) is 0 Å². The summed E-state index contributed by atoms with van der Waals surface area (Å²) in [6.07, 6.45) is 0. The lowest BCUT2D eigenvalue weighted by Crippen LogP contribution is -2.52. The molecule has 2 N–H and O–H groups in total. The van der Waals surface area contributed by atoms with Crippen LogP contribution < -0.4 is 10.6 Å². The first kappa shape index (κ1) is 16.9. The molecule has 1 fully saturated rings. The zero-order valence-corrected chi connectivity index (χ0v) is 12.4. The second kappa shape index (κ2) is 8.19. The molecule has 4 nitrogen and oxygen atoms in total. The summed E-state index contributed by atoms with van der Waals surface area (Å²) in [4.78, 5) is 14.0. The van der Waals surface area contributed by atoms with Gasteiger partial charge in [0.05, 0.1) is 6.54 Å². The summed E-state index contributed by atoms with van der Waals surface area (Å²) >= 11 is 0. The Morgan fingerprint density at radius 1 is 1.50 bits per heavy atom. The molecule has 1 aliphatic heterocycles. The summed E-state index contributed by atoms with van der Waals surface area (Å²) < 4.78 is 13.4. The predicted octanol–water partition coefficient (Wildman–Crippen LogP) is 1.16. The van der Waals surface area contributed by atoms with Crippen molar-refractivity contribution >= 4 is 18.3 Å². The minimum Gasteiger partial charge on any atom is -0.351 e. The van der Waals surface area contributed by atoms with Gasteiger partial charge in [0, 0.05) is 37.8 Å². The third-order valence-electron chi connectivity index (χ3n) is 3.42. The molecule has 0 unspecified atom stereocenters. The fraction of sp³-hybridized carbons (Fsp3) is 0.500. The number of hydrogen-bond donors (Lipinski definition) is 2. The van der Waals surface area contributed by atoms with Gasteiger partial charge >= 0.3 is 0 Å². The van der Waals surface area contributed by atoms with E-state index in [1.807, 2.05) is 0 Å². The second-order valence-electron chi connectivity index (χ2n) is 4.89. The van der Waals surface area contributed by atoms with Crippen LogP contribution in [0.2, 0.25) is 0 Å². The average molecular weight is 302 g/mol. The number of hydrogen-bond acceptors (Lipinski definition) is 3. The molecule has 1 heterocycles. The number of rotatable bonds is 4. The number of nitrogens with one attached hydrogen (secondary N) is 2. The fourth-order valence-electron chi connectivity index (χ4n) is 2.19. The monoisotopic (exact) mass is 301 g/mol. The average Bonchev–Trinajstić information content (AvgIpc) is 2.40. The van der Waals surface area contributed by atoms with Gasteiger partial charge in [0.15, 0.2) is 0 Å². The standard InChI is InChI=1S/C14H20FN3O.ClH/c1-11-8-16-6-7-18(11)10-14(19)17-9-12-4-2-3-5-13(12)15;/h2-5,11,16H,6-10H2,1H3,(H,17,19);1H/t11-;/m0./s1. The van der Waals surface area contributed by atoms with Gasteiger partial charge in [-0.25, -0.2) is 4.39 Å². The van der Waals surface area contributed by atoms with Gasteiger partial charge in [-0.05, 0) is 13.0 Å². The Labute approximate surface area is 125 Å². The molecule has 0 saturated carbocycles. The number of nitrogens with zero attached hydrogens (tertiary/aromatic N) is 1. The van der Waals surface area contributed by atoms with Crippen molar-refractivity contribution in [3.63, 3.8) is 0 Å². The van der Waals surface area contributed by atoms with E-state index in [1.165, 1.54) is 6.07 Å². The van der Waals surface area contributed by atoms with Crippen molar-refractivity contribution in [2.75, 3.05) is 26.2 Å². The van der Waals surface area contributed by atoms with Crippen LogP contribution in [0.1, 0.15) is 12.5 Å². The van der Waals surface area contributed by atoms with Crippen molar-refractivity contribution in [2.24, 2.45) is 0 Å². The molecule has 1 amide bonds. The van der Waals surface area contributed by atoms with Crippen molar-refractivity contribution < 1.29 is 9.18 Å². The third kappa shape index (κ3) is 4.74. The molecule has 0 bridgehead atoms. The summed E-state index contributed by atoms with van der Waals surface area (Å²) in [5, 5.41) is 6.05. The zero-order valence-electron chi connectivity index (χ0n) is 11.6. The lowest BCUT2D eigenvalue weighted by molar-refractivity contribution is -0.123. The van der Waals surface area contributed by atoms with E-state index in [0.717, 1.165) is 19.6 Å². The van der Waals surface area contributed by atoms with Gasteiger partial charge < -0.3 is 10.6 Å². The molecule has 0 aromatic heterocycles.